The van der Waals surface area contributed by atoms with Crippen molar-refractivity contribution in [1.82, 2.24) is 5.32 Å². The lowest BCUT2D eigenvalue weighted by Gasteiger charge is -2.13. The van der Waals surface area contributed by atoms with Crippen LogP contribution in [0.5, 0.6) is 5.75 Å². The first kappa shape index (κ1) is 10.0. The van der Waals surface area contributed by atoms with Gasteiger partial charge in [0.05, 0.1) is 19.1 Å². The van der Waals surface area contributed by atoms with E-state index in [2.05, 4.69) is 17.5 Å². The maximum absolute atomic E-state index is 9.00. The van der Waals surface area contributed by atoms with Crippen LogP contribution < -0.4 is 10.1 Å². The molecule has 1 aliphatic heterocycles. The normalized spacial score (nSPS) is 24.8. The average molecular weight is 202 g/mol. The molecule has 78 valence electrons. The first-order valence-electron chi connectivity index (χ1n) is 5.09. The van der Waals surface area contributed by atoms with Crippen LogP contribution in [-0.4, -0.2) is 20.2 Å². The van der Waals surface area contributed by atoms with Crippen LogP contribution >= 0.6 is 0 Å². The van der Waals surface area contributed by atoms with Crippen LogP contribution in [0.15, 0.2) is 24.3 Å². The maximum atomic E-state index is 9.00. The summed E-state index contributed by atoms with van der Waals surface area (Å²) >= 11 is 0. The van der Waals surface area contributed by atoms with E-state index in [-0.39, 0.29) is 5.92 Å². The molecule has 1 aromatic carbocycles. The van der Waals surface area contributed by atoms with Gasteiger partial charge < -0.3 is 10.1 Å². The van der Waals surface area contributed by atoms with Crippen molar-refractivity contribution in [3.8, 4) is 11.8 Å². The van der Waals surface area contributed by atoms with Crippen LogP contribution in [0.3, 0.4) is 0 Å². The SMILES string of the molecule is COc1cccc([C@H]2CNC[C@H]2C#N)c1. The Kier molecular flexibility index (Phi) is 2.89. The van der Waals surface area contributed by atoms with E-state index in [0.717, 1.165) is 18.8 Å². The third kappa shape index (κ3) is 1.95. The quantitative estimate of drug-likeness (QED) is 0.790. The van der Waals surface area contributed by atoms with Crippen LogP contribution in [0.2, 0.25) is 0 Å². The molecule has 0 saturated carbocycles. The molecule has 3 nitrogen and oxygen atoms in total. The summed E-state index contributed by atoms with van der Waals surface area (Å²) in [5, 5.41) is 12.2. The molecule has 1 aromatic rings. The Hall–Kier alpha value is -1.53. The summed E-state index contributed by atoms with van der Waals surface area (Å²) in [6, 6.07) is 10.3. The van der Waals surface area contributed by atoms with Crippen molar-refractivity contribution in [3.63, 3.8) is 0 Å². The summed E-state index contributed by atoms with van der Waals surface area (Å²) in [7, 11) is 1.66. The highest BCUT2D eigenvalue weighted by molar-refractivity contribution is 5.33. The van der Waals surface area contributed by atoms with Crippen molar-refractivity contribution in [2.45, 2.75) is 5.92 Å². The van der Waals surface area contributed by atoms with E-state index < -0.39 is 0 Å². The fourth-order valence-electron chi connectivity index (χ4n) is 2.04. The summed E-state index contributed by atoms with van der Waals surface area (Å²) < 4.78 is 5.18. The van der Waals surface area contributed by atoms with Crippen LogP contribution in [0.4, 0.5) is 0 Å². The largest absolute Gasteiger partial charge is 0.497 e. The van der Waals surface area contributed by atoms with E-state index in [1.54, 1.807) is 7.11 Å². The summed E-state index contributed by atoms with van der Waals surface area (Å²) in [4.78, 5) is 0. The molecule has 0 aliphatic carbocycles. The smallest absolute Gasteiger partial charge is 0.119 e. The standard InChI is InChI=1S/C12H14N2O/c1-15-11-4-2-3-9(5-11)12-8-14-7-10(12)6-13/h2-5,10,12,14H,7-8H2,1H3/t10-,12-/m1/s1. The number of hydrogen-bond acceptors (Lipinski definition) is 3. The Morgan fingerprint density at radius 1 is 1.47 bits per heavy atom. The Morgan fingerprint density at radius 3 is 3.07 bits per heavy atom. The zero-order valence-electron chi connectivity index (χ0n) is 8.73. The molecule has 1 aliphatic rings. The zero-order chi connectivity index (χ0) is 10.7. The predicted molar refractivity (Wildman–Crippen MR) is 57.7 cm³/mol. The lowest BCUT2D eigenvalue weighted by Crippen LogP contribution is -2.08. The molecule has 1 heterocycles. The first-order valence-corrected chi connectivity index (χ1v) is 5.09. The monoisotopic (exact) mass is 202 g/mol. The van der Waals surface area contributed by atoms with Crippen molar-refractivity contribution < 1.29 is 4.74 Å². The molecule has 1 fully saturated rings. The Labute approximate surface area is 89.7 Å². The van der Waals surface area contributed by atoms with E-state index in [0.29, 0.717) is 5.92 Å². The van der Waals surface area contributed by atoms with Gasteiger partial charge in [-0.05, 0) is 17.7 Å². The van der Waals surface area contributed by atoms with Gasteiger partial charge in [-0.3, -0.25) is 0 Å². The Balaban J connectivity index is 2.25. The molecule has 0 radical (unpaired) electrons. The minimum atomic E-state index is 0.0807. The summed E-state index contributed by atoms with van der Waals surface area (Å²) in [5.74, 6) is 1.23. The highest BCUT2D eigenvalue weighted by atomic mass is 16.5. The van der Waals surface area contributed by atoms with Crippen molar-refractivity contribution in [3.05, 3.63) is 29.8 Å². The van der Waals surface area contributed by atoms with Crippen molar-refractivity contribution >= 4 is 0 Å². The molecule has 0 bridgehead atoms. The number of nitrogens with zero attached hydrogens (tertiary/aromatic N) is 1. The lowest BCUT2D eigenvalue weighted by molar-refractivity contribution is 0.413. The number of methoxy groups -OCH3 is 1. The topological polar surface area (TPSA) is 45.0 Å². The highest BCUT2D eigenvalue weighted by Crippen LogP contribution is 2.29. The zero-order valence-corrected chi connectivity index (χ0v) is 8.73. The second kappa shape index (κ2) is 4.33. The third-order valence-electron chi connectivity index (χ3n) is 2.90. The fraction of sp³-hybridized carbons (Fsp3) is 0.417. The van der Waals surface area contributed by atoms with Gasteiger partial charge in [0.25, 0.3) is 0 Å². The number of ether oxygens (including phenoxy) is 1. The molecular weight excluding hydrogens is 188 g/mol. The van der Waals surface area contributed by atoms with Crippen LogP contribution in [-0.2, 0) is 0 Å². The second-order valence-corrected chi connectivity index (χ2v) is 3.78. The number of rotatable bonds is 2. The molecule has 15 heavy (non-hydrogen) atoms. The van der Waals surface area contributed by atoms with Gasteiger partial charge in [-0.1, -0.05) is 12.1 Å². The van der Waals surface area contributed by atoms with E-state index in [9.17, 15) is 0 Å². The van der Waals surface area contributed by atoms with Gasteiger partial charge >= 0.3 is 0 Å². The van der Waals surface area contributed by atoms with E-state index in [1.165, 1.54) is 5.56 Å². The Bertz CT molecular complexity index is 383. The summed E-state index contributed by atoms with van der Waals surface area (Å²) in [5.41, 5.74) is 1.19. The number of nitriles is 1. The van der Waals surface area contributed by atoms with Gasteiger partial charge in [0.1, 0.15) is 5.75 Å². The number of nitrogens with one attached hydrogen (secondary N) is 1. The molecule has 1 saturated heterocycles. The van der Waals surface area contributed by atoms with Gasteiger partial charge in [-0.15, -0.1) is 0 Å². The third-order valence-corrected chi connectivity index (χ3v) is 2.90. The van der Waals surface area contributed by atoms with Gasteiger partial charge in [0, 0.05) is 19.0 Å². The average Bonchev–Trinajstić information content (AvgIpc) is 2.77. The van der Waals surface area contributed by atoms with Crippen LogP contribution in [0, 0.1) is 17.2 Å². The molecule has 3 heteroatoms. The van der Waals surface area contributed by atoms with Gasteiger partial charge in [-0.25, -0.2) is 0 Å². The van der Waals surface area contributed by atoms with Crippen molar-refractivity contribution in [2.24, 2.45) is 5.92 Å². The number of benzene rings is 1. The van der Waals surface area contributed by atoms with Crippen molar-refractivity contribution in [1.29, 1.82) is 5.26 Å². The molecule has 0 amide bonds. The fourth-order valence-corrected chi connectivity index (χ4v) is 2.04. The molecule has 0 aromatic heterocycles. The van der Waals surface area contributed by atoms with Gasteiger partial charge in [-0.2, -0.15) is 5.26 Å². The minimum Gasteiger partial charge on any atom is -0.497 e. The van der Waals surface area contributed by atoms with Crippen molar-refractivity contribution in [2.75, 3.05) is 20.2 Å². The molecule has 1 N–H and O–H groups in total. The molecule has 0 unspecified atom stereocenters. The predicted octanol–water partition coefficient (Wildman–Crippen LogP) is 1.52. The minimum absolute atomic E-state index is 0.0807. The molecule has 2 rings (SSSR count). The highest BCUT2D eigenvalue weighted by Gasteiger charge is 2.28. The van der Waals surface area contributed by atoms with Crippen LogP contribution in [0.1, 0.15) is 11.5 Å². The Morgan fingerprint density at radius 2 is 2.33 bits per heavy atom. The van der Waals surface area contributed by atoms with Gasteiger partial charge in [0.2, 0.25) is 0 Å². The van der Waals surface area contributed by atoms with E-state index in [4.69, 9.17) is 10.00 Å². The van der Waals surface area contributed by atoms with E-state index >= 15 is 0 Å². The molecular formula is C12H14N2O. The van der Waals surface area contributed by atoms with Crippen LogP contribution in [0.25, 0.3) is 0 Å². The number of hydrogen-bond donors (Lipinski definition) is 1. The summed E-state index contributed by atoms with van der Waals surface area (Å²) in [6.07, 6.45) is 0. The summed E-state index contributed by atoms with van der Waals surface area (Å²) in [6.45, 7) is 1.67. The first-order chi connectivity index (χ1) is 7.35. The van der Waals surface area contributed by atoms with E-state index in [1.807, 2.05) is 18.2 Å². The maximum Gasteiger partial charge on any atom is 0.119 e. The molecule has 2 atom stereocenters. The van der Waals surface area contributed by atoms with Gasteiger partial charge in [0.15, 0.2) is 0 Å². The lowest BCUT2D eigenvalue weighted by atomic mass is 9.90. The molecule has 0 spiro atoms. The second-order valence-electron chi connectivity index (χ2n) is 3.78.